The summed E-state index contributed by atoms with van der Waals surface area (Å²) >= 11 is 0. The molecule has 1 aliphatic rings. The van der Waals surface area contributed by atoms with E-state index in [1.54, 1.807) is 7.05 Å². The van der Waals surface area contributed by atoms with E-state index in [9.17, 15) is 9.59 Å². The maximum Gasteiger partial charge on any atom is 0.433 e. The molecule has 1 heterocycles. The molecule has 1 saturated heterocycles. The van der Waals surface area contributed by atoms with Crippen molar-refractivity contribution in [3.63, 3.8) is 0 Å². The van der Waals surface area contributed by atoms with Crippen molar-refractivity contribution in [3.8, 4) is 0 Å². The van der Waals surface area contributed by atoms with Gasteiger partial charge in [0.1, 0.15) is 6.61 Å². The van der Waals surface area contributed by atoms with E-state index in [1.165, 1.54) is 11.0 Å². The Kier molecular flexibility index (Phi) is 4.31. The number of oxime groups is 1. The fourth-order valence-corrected chi connectivity index (χ4v) is 0.942. The van der Waals surface area contributed by atoms with E-state index in [2.05, 4.69) is 21.9 Å². The van der Waals surface area contributed by atoms with Gasteiger partial charge >= 0.3 is 17.9 Å². The minimum absolute atomic E-state index is 0.220. The monoisotopic (exact) mass is 227 g/mol. The van der Waals surface area contributed by atoms with E-state index in [1.807, 2.05) is 0 Å². The number of carbonyl (C=O) groups excluding carboxylic acids is 2. The minimum atomic E-state index is -0.767. The standard InChI is InChI=1S/C9H13N3O4/c1-3-4-10-9(14)16-11-7-8(13)12(2)5-6-15-7/h3H,1,4-6H2,2H3,(H,10,14). The molecule has 16 heavy (non-hydrogen) atoms. The molecule has 0 aromatic heterocycles. The number of rotatable bonds is 3. The number of morpholine rings is 1. The third-order valence-corrected chi connectivity index (χ3v) is 1.80. The third-order valence-electron chi connectivity index (χ3n) is 1.80. The summed E-state index contributed by atoms with van der Waals surface area (Å²) < 4.78 is 4.95. The van der Waals surface area contributed by atoms with Crippen LogP contribution in [0.15, 0.2) is 17.8 Å². The summed E-state index contributed by atoms with van der Waals surface area (Å²) in [5, 5.41) is 5.66. The van der Waals surface area contributed by atoms with E-state index in [0.29, 0.717) is 13.2 Å². The summed E-state index contributed by atoms with van der Waals surface area (Å²) in [6.07, 6.45) is 0.724. The van der Waals surface area contributed by atoms with Crippen LogP contribution in [0.5, 0.6) is 0 Å². The lowest BCUT2D eigenvalue weighted by Crippen LogP contribution is -2.42. The van der Waals surface area contributed by atoms with Crippen molar-refractivity contribution in [2.45, 2.75) is 0 Å². The van der Waals surface area contributed by atoms with Crippen molar-refractivity contribution in [2.75, 3.05) is 26.7 Å². The van der Waals surface area contributed by atoms with Gasteiger partial charge in [-0.05, 0) is 5.16 Å². The first kappa shape index (κ1) is 12.0. The van der Waals surface area contributed by atoms with Gasteiger partial charge < -0.3 is 15.0 Å². The number of nitrogens with zero attached hydrogens (tertiary/aromatic N) is 2. The van der Waals surface area contributed by atoms with E-state index < -0.39 is 12.0 Å². The Morgan fingerprint density at radius 2 is 2.56 bits per heavy atom. The minimum Gasteiger partial charge on any atom is -0.470 e. The fraction of sp³-hybridized carbons (Fsp3) is 0.444. The van der Waals surface area contributed by atoms with Gasteiger partial charge in [-0.1, -0.05) is 6.08 Å². The molecular weight excluding hydrogens is 214 g/mol. The lowest BCUT2D eigenvalue weighted by Gasteiger charge is -2.22. The number of likely N-dealkylation sites (N-methyl/N-ethyl adjacent to an activating group) is 1. The Labute approximate surface area is 92.7 Å². The molecule has 0 bridgehead atoms. The molecule has 0 aliphatic carbocycles. The van der Waals surface area contributed by atoms with Crippen LogP contribution in [-0.4, -0.2) is 49.5 Å². The summed E-state index contributed by atoms with van der Waals surface area (Å²) in [4.78, 5) is 28.2. The maximum atomic E-state index is 11.4. The number of ether oxygens (including phenoxy) is 1. The molecule has 2 amide bonds. The van der Waals surface area contributed by atoms with Gasteiger partial charge in [0, 0.05) is 13.6 Å². The first-order valence-corrected chi connectivity index (χ1v) is 4.67. The largest absolute Gasteiger partial charge is 0.470 e. The van der Waals surface area contributed by atoms with Crippen molar-refractivity contribution in [1.82, 2.24) is 10.2 Å². The van der Waals surface area contributed by atoms with Crippen molar-refractivity contribution >= 4 is 17.9 Å². The zero-order valence-corrected chi connectivity index (χ0v) is 8.93. The average Bonchev–Trinajstić information content (AvgIpc) is 2.28. The molecule has 1 fully saturated rings. The fourth-order valence-electron chi connectivity index (χ4n) is 0.942. The average molecular weight is 227 g/mol. The molecule has 1 aliphatic heterocycles. The molecule has 88 valence electrons. The molecule has 1 N–H and O–H groups in total. The lowest BCUT2D eigenvalue weighted by atomic mass is 10.4. The topological polar surface area (TPSA) is 80.2 Å². The number of nitrogens with one attached hydrogen (secondary N) is 1. The second-order valence-corrected chi connectivity index (χ2v) is 3.02. The van der Waals surface area contributed by atoms with Crippen molar-refractivity contribution < 1.29 is 19.2 Å². The normalized spacial score (nSPS) is 17.9. The van der Waals surface area contributed by atoms with Crippen LogP contribution < -0.4 is 5.32 Å². The molecule has 0 radical (unpaired) electrons. The molecule has 0 aromatic rings. The van der Waals surface area contributed by atoms with Gasteiger partial charge in [-0.2, -0.15) is 0 Å². The highest BCUT2D eigenvalue weighted by Crippen LogP contribution is 1.99. The number of hydrogen-bond acceptors (Lipinski definition) is 5. The zero-order valence-electron chi connectivity index (χ0n) is 8.93. The van der Waals surface area contributed by atoms with Crippen molar-refractivity contribution in [3.05, 3.63) is 12.7 Å². The Morgan fingerprint density at radius 3 is 3.25 bits per heavy atom. The lowest BCUT2D eigenvalue weighted by molar-refractivity contribution is -0.127. The highest BCUT2D eigenvalue weighted by atomic mass is 16.7. The highest BCUT2D eigenvalue weighted by molar-refractivity contribution is 6.35. The summed E-state index contributed by atoms with van der Waals surface area (Å²) in [5.74, 6) is -0.634. The predicted molar refractivity (Wildman–Crippen MR) is 55.7 cm³/mol. The van der Waals surface area contributed by atoms with Crippen LogP contribution in [0, 0.1) is 0 Å². The number of hydrogen-bond donors (Lipinski definition) is 1. The molecule has 7 heteroatoms. The first-order chi connectivity index (χ1) is 7.65. The quantitative estimate of drug-likeness (QED) is 0.408. The maximum absolute atomic E-state index is 11.4. The van der Waals surface area contributed by atoms with Gasteiger partial charge in [-0.15, -0.1) is 6.58 Å². The molecular formula is C9H13N3O4. The first-order valence-electron chi connectivity index (χ1n) is 4.67. The van der Waals surface area contributed by atoms with Gasteiger partial charge in [0.25, 0.3) is 0 Å². The Balaban J connectivity index is 2.46. The van der Waals surface area contributed by atoms with Gasteiger partial charge in [0.05, 0.1) is 6.54 Å². The van der Waals surface area contributed by atoms with E-state index in [4.69, 9.17) is 4.74 Å². The van der Waals surface area contributed by atoms with Gasteiger partial charge in [0.15, 0.2) is 0 Å². The Bertz CT molecular complexity index is 327. The molecule has 7 nitrogen and oxygen atoms in total. The van der Waals surface area contributed by atoms with Gasteiger partial charge in [-0.25, -0.2) is 4.79 Å². The van der Waals surface area contributed by atoms with Crippen molar-refractivity contribution in [1.29, 1.82) is 0 Å². The second-order valence-electron chi connectivity index (χ2n) is 3.02. The Morgan fingerprint density at radius 1 is 1.81 bits per heavy atom. The summed E-state index contributed by atoms with van der Waals surface area (Å²) in [7, 11) is 1.61. The van der Waals surface area contributed by atoms with Crippen LogP contribution in [-0.2, 0) is 14.4 Å². The summed E-state index contributed by atoms with van der Waals surface area (Å²) in [5.41, 5.74) is 0. The SMILES string of the molecule is C=CCNC(=O)ON=C1OCCN(C)C1=O. The van der Waals surface area contributed by atoms with Crippen LogP contribution in [0.4, 0.5) is 4.79 Å². The summed E-state index contributed by atoms with van der Waals surface area (Å²) in [6.45, 7) is 4.49. The van der Waals surface area contributed by atoms with E-state index in [-0.39, 0.29) is 12.4 Å². The molecule has 0 aromatic carbocycles. The van der Waals surface area contributed by atoms with Crippen LogP contribution >= 0.6 is 0 Å². The highest BCUT2D eigenvalue weighted by Gasteiger charge is 2.24. The second kappa shape index (κ2) is 5.74. The smallest absolute Gasteiger partial charge is 0.433 e. The van der Waals surface area contributed by atoms with Crippen LogP contribution in [0.25, 0.3) is 0 Å². The molecule has 0 saturated carbocycles. The van der Waals surface area contributed by atoms with Crippen LogP contribution in [0.1, 0.15) is 0 Å². The molecule has 0 unspecified atom stereocenters. The predicted octanol–water partition coefficient (Wildman–Crippen LogP) is -0.299. The number of amides is 2. The van der Waals surface area contributed by atoms with Gasteiger partial charge in [0.2, 0.25) is 0 Å². The summed E-state index contributed by atoms with van der Waals surface area (Å²) in [6, 6.07) is 0. The van der Waals surface area contributed by atoms with Crippen LogP contribution in [0.2, 0.25) is 0 Å². The molecule has 0 atom stereocenters. The van der Waals surface area contributed by atoms with Crippen LogP contribution in [0.3, 0.4) is 0 Å². The Hall–Kier alpha value is -2.05. The zero-order chi connectivity index (χ0) is 12.0. The molecule has 1 rings (SSSR count). The molecule has 0 spiro atoms. The number of carbonyl (C=O) groups is 2. The van der Waals surface area contributed by atoms with Crippen molar-refractivity contribution in [2.24, 2.45) is 5.16 Å². The van der Waals surface area contributed by atoms with E-state index >= 15 is 0 Å². The van der Waals surface area contributed by atoms with E-state index in [0.717, 1.165) is 0 Å². The third kappa shape index (κ3) is 3.26. The van der Waals surface area contributed by atoms with Gasteiger partial charge in [-0.3, -0.25) is 9.63 Å².